The number of guanidine groups is 1. The van der Waals surface area contributed by atoms with Gasteiger partial charge in [0.2, 0.25) is 0 Å². The van der Waals surface area contributed by atoms with E-state index in [0.717, 1.165) is 35.9 Å². The van der Waals surface area contributed by atoms with E-state index in [1.165, 1.54) is 6.42 Å². The van der Waals surface area contributed by atoms with E-state index in [1.54, 1.807) is 14.2 Å². The first-order valence-corrected chi connectivity index (χ1v) is 8.93. The second kappa shape index (κ2) is 7.33. The van der Waals surface area contributed by atoms with Gasteiger partial charge in [0.25, 0.3) is 0 Å². The Bertz CT molecular complexity index is 772. The number of H-pyrrole nitrogens is 1. The zero-order valence-electron chi connectivity index (χ0n) is 15.0. The van der Waals surface area contributed by atoms with Gasteiger partial charge in [-0.1, -0.05) is 0 Å². The molecule has 8 nitrogen and oxygen atoms in total. The van der Waals surface area contributed by atoms with Crippen molar-refractivity contribution in [2.45, 2.75) is 44.1 Å². The van der Waals surface area contributed by atoms with Gasteiger partial charge in [-0.25, -0.2) is 4.98 Å². The maximum atomic E-state index is 5.88. The number of aromatic amines is 1. The number of hydrogen-bond acceptors (Lipinski definition) is 5. The van der Waals surface area contributed by atoms with Gasteiger partial charge in [-0.2, -0.15) is 5.10 Å². The van der Waals surface area contributed by atoms with Gasteiger partial charge in [-0.3, -0.25) is 10.1 Å². The molecule has 2 bridgehead atoms. The first kappa shape index (κ1) is 16.8. The van der Waals surface area contributed by atoms with Crippen molar-refractivity contribution in [3.8, 4) is 17.1 Å². The summed E-state index contributed by atoms with van der Waals surface area (Å²) in [5.41, 5.74) is 0.940. The average Bonchev–Trinajstić information content (AvgIpc) is 3.42. The van der Waals surface area contributed by atoms with E-state index in [0.29, 0.717) is 30.6 Å². The number of ether oxygens (including phenoxy) is 2. The number of aromatic nitrogens is 3. The molecule has 2 aliphatic heterocycles. The van der Waals surface area contributed by atoms with Gasteiger partial charge in [-0.15, -0.1) is 0 Å². The summed E-state index contributed by atoms with van der Waals surface area (Å²) in [6.07, 6.45) is 4.09. The standard InChI is InChI=1S/C18H24N6O2/c1-19-18(21-14-9-13-7-8-15(14)26-13)20-10-16-22-17(24-23-16)11-3-5-12(25-2)6-4-11/h3-6,13-15H,7-10H2,1-2H3,(H2,19,20,21)(H,22,23,24). The molecular formula is C18H24N6O2. The summed E-state index contributed by atoms with van der Waals surface area (Å²) in [6, 6.07) is 8.01. The van der Waals surface area contributed by atoms with Gasteiger partial charge >= 0.3 is 0 Å². The van der Waals surface area contributed by atoms with E-state index < -0.39 is 0 Å². The number of fused-ring (bicyclic) bond motifs is 2. The molecule has 2 aliphatic rings. The van der Waals surface area contributed by atoms with Crippen LogP contribution in [-0.2, 0) is 11.3 Å². The van der Waals surface area contributed by atoms with Crippen molar-refractivity contribution in [1.29, 1.82) is 0 Å². The summed E-state index contributed by atoms with van der Waals surface area (Å²) < 4.78 is 11.1. The lowest BCUT2D eigenvalue weighted by atomic mass is 9.96. The van der Waals surface area contributed by atoms with E-state index in [-0.39, 0.29) is 0 Å². The normalized spacial score (nSPS) is 24.7. The summed E-state index contributed by atoms with van der Waals surface area (Å²) in [7, 11) is 3.42. The van der Waals surface area contributed by atoms with Crippen molar-refractivity contribution in [3.05, 3.63) is 30.1 Å². The molecule has 3 N–H and O–H groups in total. The molecule has 138 valence electrons. The van der Waals surface area contributed by atoms with Crippen LogP contribution in [0.5, 0.6) is 5.75 Å². The largest absolute Gasteiger partial charge is 0.497 e. The smallest absolute Gasteiger partial charge is 0.191 e. The fourth-order valence-corrected chi connectivity index (χ4v) is 3.57. The Kier molecular flexibility index (Phi) is 4.75. The molecule has 0 saturated carbocycles. The molecule has 2 aromatic rings. The van der Waals surface area contributed by atoms with Crippen LogP contribution in [0.4, 0.5) is 0 Å². The summed E-state index contributed by atoms with van der Waals surface area (Å²) >= 11 is 0. The van der Waals surface area contributed by atoms with Crippen LogP contribution in [0.1, 0.15) is 25.1 Å². The minimum Gasteiger partial charge on any atom is -0.497 e. The highest BCUT2D eigenvalue weighted by Crippen LogP contribution is 2.34. The zero-order valence-corrected chi connectivity index (χ0v) is 15.0. The summed E-state index contributed by atoms with van der Waals surface area (Å²) in [5, 5.41) is 14.0. The lowest BCUT2D eigenvalue weighted by Crippen LogP contribution is -2.47. The second-order valence-corrected chi connectivity index (χ2v) is 6.62. The topological polar surface area (TPSA) is 96.5 Å². The lowest BCUT2D eigenvalue weighted by molar-refractivity contribution is 0.0992. The van der Waals surface area contributed by atoms with Gasteiger partial charge in [0.1, 0.15) is 11.6 Å². The van der Waals surface area contributed by atoms with Gasteiger partial charge in [0.15, 0.2) is 11.8 Å². The number of aliphatic imine (C=N–C) groups is 1. The maximum absolute atomic E-state index is 5.88. The van der Waals surface area contributed by atoms with E-state index in [9.17, 15) is 0 Å². The third-order valence-electron chi connectivity index (χ3n) is 4.95. The molecule has 1 aromatic carbocycles. The highest BCUT2D eigenvalue weighted by molar-refractivity contribution is 5.80. The number of benzene rings is 1. The van der Waals surface area contributed by atoms with Crippen LogP contribution >= 0.6 is 0 Å². The molecule has 2 fully saturated rings. The Hall–Kier alpha value is -2.61. The SMILES string of the molecule is CN=C(NCc1nc(-c2ccc(OC)cc2)n[nH]1)NC1CC2CCC1O2. The molecule has 0 spiro atoms. The van der Waals surface area contributed by atoms with Crippen molar-refractivity contribution in [1.82, 2.24) is 25.8 Å². The average molecular weight is 356 g/mol. The van der Waals surface area contributed by atoms with Crippen LogP contribution in [-0.4, -0.2) is 53.5 Å². The van der Waals surface area contributed by atoms with E-state index in [4.69, 9.17) is 9.47 Å². The Labute approximate surface area is 152 Å². The van der Waals surface area contributed by atoms with Crippen LogP contribution in [0.3, 0.4) is 0 Å². The molecule has 1 aromatic heterocycles. The molecule has 2 saturated heterocycles. The Morgan fingerprint density at radius 1 is 1.35 bits per heavy atom. The minimum absolute atomic E-state index is 0.311. The third kappa shape index (κ3) is 3.50. The summed E-state index contributed by atoms with van der Waals surface area (Å²) in [5.74, 6) is 2.98. The molecule has 3 unspecified atom stereocenters. The quantitative estimate of drug-likeness (QED) is 0.554. The minimum atomic E-state index is 0.311. The summed E-state index contributed by atoms with van der Waals surface area (Å²) in [6.45, 7) is 0.518. The summed E-state index contributed by atoms with van der Waals surface area (Å²) in [4.78, 5) is 8.83. The number of nitrogens with one attached hydrogen (secondary N) is 3. The number of rotatable bonds is 5. The first-order valence-electron chi connectivity index (χ1n) is 8.93. The van der Waals surface area contributed by atoms with Gasteiger partial charge in [-0.05, 0) is 43.5 Å². The number of nitrogens with zero attached hydrogens (tertiary/aromatic N) is 3. The van der Waals surface area contributed by atoms with Crippen LogP contribution in [0.25, 0.3) is 11.4 Å². The lowest BCUT2D eigenvalue weighted by Gasteiger charge is -2.22. The van der Waals surface area contributed by atoms with Crippen LogP contribution < -0.4 is 15.4 Å². The Morgan fingerprint density at radius 3 is 2.85 bits per heavy atom. The second-order valence-electron chi connectivity index (χ2n) is 6.62. The number of methoxy groups -OCH3 is 1. The first-order chi connectivity index (χ1) is 12.7. The predicted octanol–water partition coefficient (Wildman–Crippen LogP) is 1.47. The van der Waals surface area contributed by atoms with Gasteiger partial charge in [0, 0.05) is 12.6 Å². The molecule has 3 atom stereocenters. The van der Waals surface area contributed by atoms with E-state index in [1.807, 2.05) is 24.3 Å². The zero-order chi connectivity index (χ0) is 17.9. The predicted molar refractivity (Wildman–Crippen MR) is 98.0 cm³/mol. The highest BCUT2D eigenvalue weighted by Gasteiger charge is 2.41. The number of hydrogen-bond donors (Lipinski definition) is 3. The molecule has 3 heterocycles. The van der Waals surface area contributed by atoms with Crippen LogP contribution in [0.2, 0.25) is 0 Å². The van der Waals surface area contributed by atoms with Crippen molar-refractivity contribution in [3.63, 3.8) is 0 Å². The maximum Gasteiger partial charge on any atom is 0.191 e. The molecule has 4 rings (SSSR count). The van der Waals surface area contributed by atoms with Gasteiger partial charge in [0.05, 0.1) is 31.9 Å². The van der Waals surface area contributed by atoms with Crippen molar-refractivity contribution in [2.75, 3.05) is 14.2 Å². The van der Waals surface area contributed by atoms with E-state index >= 15 is 0 Å². The fourth-order valence-electron chi connectivity index (χ4n) is 3.57. The molecule has 0 aliphatic carbocycles. The Balaban J connectivity index is 1.33. The van der Waals surface area contributed by atoms with Crippen molar-refractivity contribution in [2.24, 2.45) is 4.99 Å². The monoisotopic (exact) mass is 356 g/mol. The fraction of sp³-hybridized carbons (Fsp3) is 0.500. The third-order valence-corrected chi connectivity index (χ3v) is 4.95. The molecule has 0 radical (unpaired) electrons. The van der Waals surface area contributed by atoms with Crippen molar-refractivity contribution >= 4 is 5.96 Å². The highest BCUT2D eigenvalue weighted by atomic mass is 16.5. The van der Waals surface area contributed by atoms with Crippen molar-refractivity contribution < 1.29 is 9.47 Å². The van der Waals surface area contributed by atoms with Gasteiger partial charge < -0.3 is 20.1 Å². The Morgan fingerprint density at radius 2 is 2.19 bits per heavy atom. The molecule has 8 heteroatoms. The van der Waals surface area contributed by atoms with Crippen LogP contribution in [0.15, 0.2) is 29.3 Å². The molecule has 26 heavy (non-hydrogen) atoms. The molecule has 0 amide bonds. The molecular weight excluding hydrogens is 332 g/mol. The van der Waals surface area contributed by atoms with Crippen LogP contribution in [0, 0.1) is 0 Å². The van der Waals surface area contributed by atoms with E-state index in [2.05, 4.69) is 30.8 Å².